The molecule has 0 aliphatic carbocycles. The van der Waals surface area contributed by atoms with Crippen LogP contribution in [0.4, 0.5) is 0 Å². The highest BCUT2D eigenvalue weighted by molar-refractivity contribution is 5.82. The second-order valence-electron chi connectivity index (χ2n) is 5.89. The average Bonchev–Trinajstić information content (AvgIpc) is 2.47. The molecule has 2 aromatic rings. The Morgan fingerprint density at radius 1 is 1.00 bits per heavy atom. The predicted molar refractivity (Wildman–Crippen MR) is 89.2 cm³/mol. The summed E-state index contributed by atoms with van der Waals surface area (Å²) in [6.07, 6.45) is 3.65. The van der Waals surface area contributed by atoms with E-state index < -0.39 is 0 Å². The van der Waals surface area contributed by atoms with Crippen molar-refractivity contribution in [2.24, 2.45) is 5.92 Å². The van der Waals surface area contributed by atoms with Gasteiger partial charge in [-0.1, -0.05) is 69.7 Å². The van der Waals surface area contributed by atoms with E-state index in [0.29, 0.717) is 6.04 Å². The van der Waals surface area contributed by atoms with Crippen LogP contribution < -0.4 is 5.32 Å². The molecule has 0 spiro atoms. The van der Waals surface area contributed by atoms with Crippen molar-refractivity contribution in [3.63, 3.8) is 0 Å². The summed E-state index contributed by atoms with van der Waals surface area (Å²) < 4.78 is 0. The maximum absolute atomic E-state index is 3.64. The summed E-state index contributed by atoms with van der Waals surface area (Å²) in [5, 5.41) is 6.33. The molecule has 0 saturated carbocycles. The third-order valence-electron chi connectivity index (χ3n) is 4.17. The van der Waals surface area contributed by atoms with Crippen LogP contribution in [-0.4, -0.2) is 12.6 Å². The van der Waals surface area contributed by atoms with Crippen molar-refractivity contribution in [2.75, 3.05) is 6.54 Å². The molecule has 0 fully saturated rings. The zero-order valence-electron chi connectivity index (χ0n) is 13.0. The van der Waals surface area contributed by atoms with E-state index in [-0.39, 0.29) is 0 Å². The molecule has 1 N–H and O–H groups in total. The third kappa shape index (κ3) is 4.08. The van der Waals surface area contributed by atoms with E-state index in [2.05, 4.69) is 68.6 Å². The molecule has 0 heterocycles. The molecule has 0 saturated heterocycles. The van der Waals surface area contributed by atoms with Gasteiger partial charge in [0.2, 0.25) is 0 Å². The highest BCUT2D eigenvalue weighted by Crippen LogP contribution is 2.19. The van der Waals surface area contributed by atoms with Crippen LogP contribution >= 0.6 is 0 Å². The van der Waals surface area contributed by atoms with Gasteiger partial charge in [-0.15, -0.1) is 0 Å². The quantitative estimate of drug-likeness (QED) is 0.761. The van der Waals surface area contributed by atoms with Crippen LogP contribution in [0.3, 0.4) is 0 Å². The van der Waals surface area contributed by atoms with Crippen molar-refractivity contribution < 1.29 is 0 Å². The van der Waals surface area contributed by atoms with E-state index in [1.54, 1.807) is 0 Å². The Bertz CT molecular complexity index is 532. The van der Waals surface area contributed by atoms with Gasteiger partial charge < -0.3 is 5.32 Å². The van der Waals surface area contributed by atoms with Gasteiger partial charge in [-0.3, -0.25) is 0 Å². The Morgan fingerprint density at radius 2 is 1.75 bits per heavy atom. The molecule has 0 radical (unpaired) electrons. The van der Waals surface area contributed by atoms with Crippen LogP contribution in [0.25, 0.3) is 10.8 Å². The van der Waals surface area contributed by atoms with E-state index >= 15 is 0 Å². The zero-order chi connectivity index (χ0) is 14.4. The SMILES string of the molecule is CCNC(Cc1ccc2ccccc2c1)CC(C)CC. The third-order valence-corrected chi connectivity index (χ3v) is 4.17. The predicted octanol–water partition coefficient (Wildman–Crippen LogP) is 4.80. The van der Waals surface area contributed by atoms with Crippen LogP contribution in [0.15, 0.2) is 42.5 Å². The van der Waals surface area contributed by atoms with Gasteiger partial charge in [-0.05, 0) is 41.6 Å². The summed E-state index contributed by atoms with van der Waals surface area (Å²) >= 11 is 0. The van der Waals surface area contributed by atoms with E-state index in [4.69, 9.17) is 0 Å². The Labute approximate surface area is 123 Å². The smallest absolute Gasteiger partial charge is 0.0110 e. The van der Waals surface area contributed by atoms with Crippen LogP contribution in [0.2, 0.25) is 0 Å². The van der Waals surface area contributed by atoms with E-state index in [9.17, 15) is 0 Å². The molecule has 2 aromatic carbocycles. The Balaban J connectivity index is 2.11. The van der Waals surface area contributed by atoms with Gasteiger partial charge in [0.1, 0.15) is 0 Å². The number of likely N-dealkylation sites (N-methyl/N-ethyl adjacent to an activating group) is 1. The lowest BCUT2D eigenvalue weighted by molar-refractivity contribution is 0.397. The zero-order valence-corrected chi connectivity index (χ0v) is 13.0. The van der Waals surface area contributed by atoms with Gasteiger partial charge in [0.25, 0.3) is 0 Å². The van der Waals surface area contributed by atoms with E-state index in [1.165, 1.54) is 29.2 Å². The summed E-state index contributed by atoms with van der Waals surface area (Å²) in [6.45, 7) is 7.88. The van der Waals surface area contributed by atoms with E-state index in [1.807, 2.05) is 0 Å². The van der Waals surface area contributed by atoms with E-state index in [0.717, 1.165) is 18.9 Å². The summed E-state index contributed by atoms with van der Waals surface area (Å²) in [7, 11) is 0. The molecule has 0 bridgehead atoms. The lowest BCUT2D eigenvalue weighted by Crippen LogP contribution is -2.32. The molecule has 2 unspecified atom stereocenters. The molecular weight excluding hydrogens is 242 g/mol. The van der Waals surface area contributed by atoms with Gasteiger partial charge in [-0.25, -0.2) is 0 Å². The van der Waals surface area contributed by atoms with Gasteiger partial charge in [0.05, 0.1) is 0 Å². The summed E-state index contributed by atoms with van der Waals surface area (Å²) in [6, 6.07) is 16.1. The average molecular weight is 269 g/mol. The number of benzene rings is 2. The second kappa shape index (κ2) is 7.44. The standard InChI is InChI=1S/C19H27N/c1-4-15(3)12-19(20-5-2)14-16-10-11-17-8-6-7-9-18(17)13-16/h6-11,13,15,19-20H,4-5,12,14H2,1-3H3. The molecule has 1 nitrogen and oxygen atoms in total. The maximum Gasteiger partial charge on any atom is 0.0110 e. The van der Waals surface area contributed by atoms with Crippen molar-refractivity contribution in [3.8, 4) is 0 Å². The first-order valence-electron chi connectivity index (χ1n) is 7.94. The van der Waals surface area contributed by atoms with Crippen molar-refractivity contribution in [3.05, 3.63) is 48.0 Å². The summed E-state index contributed by atoms with van der Waals surface area (Å²) in [5.41, 5.74) is 1.44. The lowest BCUT2D eigenvalue weighted by atomic mass is 9.93. The molecule has 2 atom stereocenters. The van der Waals surface area contributed by atoms with Crippen molar-refractivity contribution in [1.82, 2.24) is 5.32 Å². The van der Waals surface area contributed by atoms with Crippen LogP contribution in [-0.2, 0) is 6.42 Å². The van der Waals surface area contributed by atoms with Gasteiger partial charge in [0.15, 0.2) is 0 Å². The molecule has 108 valence electrons. The fourth-order valence-corrected chi connectivity index (χ4v) is 2.83. The van der Waals surface area contributed by atoms with Crippen molar-refractivity contribution >= 4 is 10.8 Å². The summed E-state index contributed by atoms with van der Waals surface area (Å²) in [5.74, 6) is 0.791. The molecular formula is C19H27N. The van der Waals surface area contributed by atoms with Crippen molar-refractivity contribution in [1.29, 1.82) is 0 Å². The van der Waals surface area contributed by atoms with Crippen molar-refractivity contribution in [2.45, 2.75) is 46.1 Å². The minimum atomic E-state index is 0.594. The van der Waals surface area contributed by atoms with Gasteiger partial charge in [-0.2, -0.15) is 0 Å². The first kappa shape index (κ1) is 15.1. The number of nitrogens with one attached hydrogen (secondary N) is 1. The number of fused-ring (bicyclic) bond motifs is 1. The molecule has 0 aliphatic rings. The summed E-state index contributed by atoms with van der Waals surface area (Å²) in [4.78, 5) is 0. The highest BCUT2D eigenvalue weighted by Gasteiger charge is 2.12. The Morgan fingerprint density at radius 3 is 2.45 bits per heavy atom. The Hall–Kier alpha value is -1.34. The fourth-order valence-electron chi connectivity index (χ4n) is 2.83. The lowest BCUT2D eigenvalue weighted by Gasteiger charge is -2.21. The first-order chi connectivity index (χ1) is 9.72. The molecule has 2 rings (SSSR count). The topological polar surface area (TPSA) is 12.0 Å². The highest BCUT2D eigenvalue weighted by atomic mass is 14.9. The number of rotatable bonds is 7. The first-order valence-corrected chi connectivity index (χ1v) is 7.94. The minimum Gasteiger partial charge on any atom is -0.314 e. The molecule has 0 aromatic heterocycles. The number of hydrogen-bond acceptors (Lipinski definition) is 1. The molecule has 20 heavy (non-hydrogen) atoms. The van der Waals surface area contributed by atoms with Gasteiger partial charge >= 0.3 is 0 Å². The Kier molecular flexibility index (Phi) is 5.60. The molecule has 0 aliphatic heterocycles. The largest absolute Gasteiger partial charge is 0.314 e. The minimum absolute atomic E-state index is 0.594. The fraction of sp³-hybridized carbons (Fsp3) is 0.474. The second-order valence-corrected chi connectivity index (χ2v) is 5.89. The maximum atomic E-state index is 3.64. The van der Waals surface area contributed by atoms with Crippen LogP contribution in [0.1, 0.15) is 39.2 Å². The van der Waals surface area contributed by atoms with Crippen LogP contribution in [0, 0.1) is 5.92 Å². The molecule has 0 amide bonds. The normalized spacial score (nSPS) is 14.3. The van der Waals surface area contributed by atoms with Gasteiger partial charge in [0, 0.05) is 6.04 Å². The number of hydrogen-bond donors (Lipinski definition) is 1. The van der Waals surface area contributed by atoms with Crippen LogP contribution in [0.5, 0.6) is 0 Å². The molecule has 1 heteroatoms. The monoisotopic (exact) mass is 269 g/mol.